The van der Waals surface area contributed by atoms with Crippen molar-refractivity contribution in [1.82, 2.24) is 0 Å². The predicted octanol–water partition coefficient (Wildman–Crippen LogP) is 2.92. The topological polar surface area (TPSA) is 91.2 Å². The lowest BCUT2D eigenvalue weighted by Gasteiger charge is -2.14. The Labute approximate surface area is 140 Å². The number of benzene rings is 2. The molecule has 2 aromatic rings. The zero-order valence-corrected chi connectivity index (χ0v) is 13.4. The average Bonchev–Trinajstić information content (AvgIpc) is 2.56. The van der Waals surface area contributed by atoms with Gasteiger partial charge in [-0.05, 0) is 38.1 Å². The molecule has 0 radical (unpaired) electrons. The zero-order chi connectivity index (χ0) is 17.5. The normalized spacial score (nSPS) is 9.92. The summed E-state index contributed by atoms with van der Waals surface area (Å²) in [5, 5.41) is 13.9. The molecule has 2 rings (SSSR count). The van der Waals surface area contributed by atoms with Gasteiger partial charge in [-0.25, -0.2) is 0 Å². The molecule has 0 spiro atoms. The van der Waals surface area contributed by atoms with Crippen LogP contribution in [0.2, 0.25) is 0 Å². The van der Waals surface area contributed by atoms with E-state index in [-0.39, 0.29) is 17.4 Å². The minimum atomic E-state index is -0.864. The van der Waals surface area contributed by atoms with Crippen LogP contribution in [0, 0.1) is 11.3 Å². The minimum Gasteiger partial charge on any atom is -0.489 e. The van der Waals surface area contributed by atoms with Crippen molar-refractivity contribution in [3.8, 4) is 11.8 Å². The summed E-state index contributed by atoms with van der Waals surface area (Å²) in [6, 6.07) is 15.3. The quantitative estimate of drug-likeness (QED) is 0.846. The number of hydrogen-bond acceptors (Lipinski definition) is 4. The van der Waals surface area contributed by atoms with Crippen LogP contribution in [-0.4, -0.2) is 17.9 Å². The number of carbonyl (C=O) groups excluding carboxylic acids is 2. The Bertz CT molecular complexity index is 794. The lowest BCUT2D eigenvalue weighted by molar-refractivity contribution is -0.133. The van der Waals surface area contributed by atoms with Gasteiger partial charge in [0.1, 0.15) is 11.8 Å². The molecule has 0 aliphatic carbocycles. The van der Waals surface area contributed by atoms with Crippen LogP contribution in [0.25, 0.3) is 0 Å². The molecule has 0 unspecified atom stereocenters. The van der Waals surface area contributed by atoms with Crippen molar-refractivity contribution in [2.45, 2.75) is 20.0 Å². The van der Waals surface area contributed by atoms with Crippen LogP contribution in [-0.2, 0) is 9.59 Å². The summed E-state index contributed by atoms with van der Waals surface area (Å²) in [6.07, 6.45) is -0.0700. The number of nitrogens with one attached hydrogen (secondary N) is 2. The molecule has 0 saturated carbocycles. The van der Waals surface area contributed by atoms with E-state index >= 15 is 0 Å². The number of nitriles is 1. The third kappa shape index (κ3) is 4.34. The highest BCUT2D eigenvalue weighted by atomic mass is 16.5. The van der Waals surface area contributed by atoms with Crippen LogP contribution in [0.3, 0.4) is 0 Å². The third-order valence-corrected chi connectivity index (χ3v) is 3.00. The van der Waals surface area contributed by atoms with Gasteiger partial charge in [0.05, 0.1) is 23.0 Å². The second-order valence-corrected chi connectivity index (χ2v) is 5.23. The van der Waals surface area contributed by atoms with Crippen molar-refractivity contribution in [3.05, 3.63) is 54.1 Å². The Morgan fingerprint density at radius 1 is 0.958 bits per heavy atom. The average molecular weight is 323 g/mol. The number of amides is 2. The molecule has 0 heterocycles. The van der Waals surface area contributed by atoms with Crippen molar-refractivity contribution < 1.29 is 14.3 Å². The van der Waals surface area contributed by atoms with Crippen LogP contribution in [0.1, 0.15) is 19.4 Å². The Morgan fingerprint density at radius 3 is 2.12 bits per heavy atom. The Hall–Kier alpha value is -3.33. The largest absolute Gasteiger partial charge is 0.489 e. The molecule has 0 saturated heterocycles. The maximum absolute atomic E-state index is 12.1. The Morgan fingerprint density at radius 2 is 1.50 bits per heavy atom. The van der Waals surface area contributed by atoms with Gasteiger partial charge in [-0.2, -0.15) is 5.26 Å². The first kappa shape index (κ1) is 17.0. The van der Waals surface area contributed by atoms with E-state index in [0.29, 0.717) is 11.4 Å². The summed E-state index contributed by atoms with van der Waals surface area (Å²) < 4.78 is 5.59. The van der Waals surface area contributed by atoms with Crippen LogP contribution < -0.4 is 15.4 Å². The molecule has 6 heteroatoms. The fourth-order valence-corrected chi connectivity index (χ4v) is 1.97. The highest BCUT2D eigenvalue weighted by Crippen LogP contribution is 2.24. The molecule has 0 aliphatic rings. The van der Waals surface area contributed by atoms with Crippen molar-refractivity contribution in [1.29, 1.82) is 5.26 Å². The number of nitrogens with zero attached hydrogens (tertiary/aromatic N) is 1. The lowest BCUT2D eigenvalue weighted by Crippen LogP contribution is -2.29. The highest BCUT2D eigenvalue weighted by molar-refractivity contribution is 6.43. The number of carbonyl (C=O) groups is 2. The minimum absolute atomic E-state index is 0.0700. The van der Waals surface area contributed by atoms with E-state index in [2.05, 4.69) is 10.6 Å². The number of hydrogen-bond donors (Lipinski definition) is 2. The van der Waals surface area contributed by atoms with E-state index in [4.69, 9.17) is 10.00 Å². The maximum atomic E-state index is 12.1. The smallest absolute Gasteiger partial charge is 0.314 e. The number of ether oxygens (including phenoxy) is 1. The van der Waals surface area contributed by atoms with Gasteiger partial charge in [0.25, 0.3) is 0 Å². The fourth-order valence-electron chi connectivity index (χ4n) is 1.97. The first-order valence-electron chi connectivity index (χ1n) is 7.38. The van der Waals surface area contributed by atoms with Gasteiger partial charge in [-0.15, -0.1) is 0 Å². The molecular weight excluding hydrogens is 306 g/mol. The summed E-state index contributed by atoms with van der Waals surface area (Å²) in [6.45, 7) is 3.73. The molecule has 24 heavy (non-hydrogen) atoms. The first-order chi connectivity index (χ1) is 11.5. The van der Waals surface area contributed by atoms with Gasteiger partial charge >= 0.3 is 11.8 Å². The summed E-state index contributed by atoms with van der Waals surface area (Å²) in [7, 11) is 0. The van der Waals surface area contributed by atoms with E-state index in [1.807, 2.05) is 19.9 Å². The van der Waals surface area contributed by atoms with Crippen molar-refractivity contribution in [2.24, 2.45) is 0 Å². The van der Waals surface area contributed by atoms with Crippen molar-refractivity contribution >= 4 is 23.2 Å². The highest BCUT2D eigenvalue weighted by Gasteiger charge is 2.17. The van der Waals surface area contributed by atoms with Crippen molar-refractivity contribution in [2.75, 3.05) is 10.6 Å². The second-order valence-electron chi connectivity index (χ2n) is 5.23. The molecule has 0 atom stereocenters. The lowest BCUT2D eigenvalue weighted by atomic mass is 10.2. The number of para-hydroxylation sites is 3. The molecule has 122 valence electrons. The van der Waals surface area contributed by atoms with Gasteiger partial charge < -0.3 is 15.4 Å². The van der Waals surface area contributed by atoms with Gasteiger partial charge in [0, 0.05) is 0 Å². The SMILES string of the molecule is CC(C)Oc1ccccc1NC(=O)C(=O)Nc1ccccc1C#N. The van der Waals surface area contributed by atoms with Crippen LogP contribution in [0.5, 0.6) is 5.75 Å². The molecule has 6 nitrogen and oxygen atoms in total. The van der Waals surface area contributed by atoms with E-state index < -0.39 is 11.8 Å². The molecule has 0 bridgehead atoms. The van der Waals surface area contributed by atoms with Gasteiger partial charge in [-0.3, -0.25) is 9.59 Å². The number of anilines is 2. The first-order valence-corrected chi connectivity index (χ1v) is 7.38. The van der Waals surface area contributed by atoms with E-state index in [9.17, 15) is 9.59 Å². The fraction of sp³-hybridized carbons (Fsp3) is 0.167. The summed E-state index contributed by atoms with van der Waals surface area (Å²) in [4.78, 5) is 24.1. The van der Waals surface area contributed by atoms with E-state index in [1.165, 1.54) is 0 Å². The molecular formula is C18H17N3O3. The summed E-state index contributed by atoms with van der Waals surface area (Å²) in [5.41, 5.74) is 0.967. The van der Waals surface area contributed by atoms with Gasteiger partial charge in [-0.1, -0.05) is 24.3 Å². The monoisotopic (exact) mass is 323 g/mol. The Kier molecular flexibility index (Phi) is 5.53. The van der Waals surface area contributed by atoms with E-state index in [1.54, 1.807) is 48.5 Å². The molecule has 0 aromatic heterocycles. The van der Waals surface area contributed by atoms with Gasteiger partial charge in [0.15, 0.2) is 0 Å². The van der Waals surface area contributed by atoms with Gasteiger partial charge in [0.2, 0.25) is 0 Å². The standard InChI is InChI=1S/C18H17N3O3/c1-12(2)24-16-10-6-5-9-15(16)21-18(23)17(22)20-14-8-4-3-7-13(14)11-19/h3-10,12H,1-2H3,(H,20,22)(H,21,23). The third-order valence-electron chi connectivity index (χ3n) is 3.00. The van der Waals surface area contributed by atoms with Crippen molar-refractivity contribution in [3.63, 3.8) is 0 Å². The zero-order valence-electron chi connectivity index (χ0n) is 13.4. The Balaban J connectivity index is 2.10. The predicted molar refractivity (Wildman–Crippen MR) is 90.6 cm³/mol. The molecule has 0 fully saturated rings. The molecule has 0 aliphatic heterocycles. The van der Waals surface area contributed by atoms with E-state index in [0.717, 1.165) is 0 Å². The summed E-state index contributed by atoms with van der Waals surface area (Å²) >= 11 is 0. The van der Waals surface area contributed by atoms with Crippen LogP contribution in [0.15, 0.2) is 48.5 Å². The second kappa shape index (κ2) is 7.79. The van der Waals surface area contributed by atoms with Crippen LogP contribution >= 0.6 is 0 Å². The summed E-state index contributed by atoms with van der Waals surface area (Å²) in [5.74, 6) is -1.23. The maximum Gasteiger partial charge on any atom is 0.314 e. The molecule has 2 amide bonds. The van der Waals surface area contributed by atoms with Crippen LogP contribution in [0.4, 0.5) is 11.4 Å². The molecule has 2 aromatic carbocycles. The number of rotatable bonds is 4. The molecule has 2 N–H and O–H groups in total.